The Morgan fingerprint density at radius 2 is 2.10 bits per heavy atom. The molecule has 0 aromatic carbocycles. The van der Waals surface area contributed by atoms with Gasteiger partial charge in [0.1, 0.15) is 0 Å². The Morgan fingerprint density at radius 1 is 1.33 bits per heavy atom. The van der Waals surface area contributed by atoms with E-state index >= 15 is 0 Å². The summed E-state index contributed by atoms with van der Waals surface area (Å²) in [6, 6.07) is 1.13. The van der Waals surface area contributed by atoms with Crippen molar-refractivity contribution in [3.63, 3.8) is 0 Å². The topological polar surface area (TPSA) is 77.0 Å². The third-order valence-corrected chi connectivity index (χ3v) is 5.38. The second-order valence-electron chi connectivity index (χ2n) is 7.95. The molecule has 0 N–H and O–H groups in total. The van der Waals surface area contributed by atoms with Gasteiger partial charge in [-0.25, -0.2) is 4.98 Å². The van der Waals surface area contributed by atoms with Crippen molar-refractivity contribution in [3.8, 4) is 0 Å². The fourth-order valence-corrected chi connectivity index (χ4v) is 3.90. The molecule has 0 aliphatic carbocycles. The Bertz CT molecular complexity index is 1090. The normalized spacial score (nSPS) is 17.8. The highest BCUT2D eigenvalue weighted by Crippen LogP contribution is 2.40. The molecule has 1 saturated heterocycles. The predicted molar refractivity (Wildman–Crippen MR) is 102 cm³/mol. The number of rotatable bonds is 3. The molecule has 1 aliphatic heterocycles. The maximum atomic E-state index is 13.6. The van der Waals surface area contributed by atoms with E-state index in [-0.39, 0.29) is 46.9 Å². The van der Waals surface area contributed by atoms with Crippen LogP contribution < -0.4 is 0 Å². The molecule has 160 valence electrons. The molecule has 3 aromatic rings. The molecule has 0 bridgehead atoms. The number of fused-ring (bicyclic) bond motifs is 1. The van der Waals surface area contributed by atoms with Gasteiger partial charge in [-0.3, -0.25) is 9.48 Å². The number of alkyl halides is 3. The monoisotopic (exact) mass is 421 g/mol. The summed E-state index contributed by atoms with van der Waals surface area (Å²) in [7, 11) is 0. The number of likely N-dealkylation sites (tertiary alicyclic amines) is 1. The van der Waals surface area contributed by atoms with Gasteiger partial charge in [-0.2, -0.15) is 18.3 Å². The number of piperidine rings is 1. The van der Waals surface area contributed by atoms with Gasteiger partial charge in [-0.05, 0) is 39.7 Å². The molecule has 4 heterocycles. The Morgan fingerprint density at radius 3 is 2.77 bits per heavy atom. The number of carbonyl (C=O) groups excluding carboxylic acids is 1. The molecule has 30 heavy (non-hydrogen) atoms. The van der Waals surface area contributed by atoms with Crippen LogP contribution in [0.25, 0.3) is 11.1 Å². The zero-order valence-corrected chi connectivity index (χ0v) is 16.9. The van der Waals surface area contributed by atoms with E-state index in [0.29, 0.717) is 24.9 Å². The molecule has 0 unspecified atom stereocenters. The van der Waals surface area contributed by atoms with Crippen LogP contribution in [0.15, 0.2) is 23.0 Å². The minimum atomic E-state index is -4.55. The van der Waals surface area contributed by atoms with Crippen LogP contribution in [-0.4, -0.2) is 43.8 Å². The van der Waals surface area contributed by atoms with Crippen LogP contribution in [0.4, 0.5) is 13.2 Å². The van der Waals surface area contributed by atoms with E-state index in [1.54, 1.807) is 15.8 Å². The Labute approximate surface area is 170 Å². The van der Waals surface area contributed by atoms with E-state index in [9.17, 15) is 18.0 Å². The van der Waals surface area contributed by atoms with Crippen molar-refractivity contribution < 1.29 is 22.5 Å². The molecule has 10 heteroatoms. The molecule has 1 amide bonds. The average Bonchev–Trinajstić information content (AvgIpc) is 3.33. The summed E-state index contributed by atoms with van der Waals surface area (Å²) in [5.41, 5.74) is -0.0511. The second kappa shape index (κ2) is 7.41. The molecule has 0 spiro atoms. The van der Waals surface area contributed by atoms with Crippen LogP contribution in [0.3, 0.4) is 0 Å². The van der Waals surface area contributed by atoms with Crippen LogP contribution >= 0.6 is 0 Å². The van der Waals surface area contributed by atoms with Crippen LogP contribution in [-0.2, 0) is 6.18 Å². The third kappa shape index (κ3) is 3.66. The molecule has 1 aliphatic rings. The first-order chi connectivity index (χ1) is 14.1. The summed E-state index contributed by atoms with van der Waals surface area (Å²) in [6.07, 6.45) is -0.0735. The Balaban J connectivity index is 1.65. The van der Waals surface area contributed by atoms with Crippen LogP contribution in [0.2, 0.25) is 0 Å². The summed E-state index contributed by atoms with van der Waals surface area (Å²) in [6.45, 7) is 6.19. The van der Waals surface area contributed by atoms with Crippen LogP contribution in [0.1, 0.15) is 66.0 Å². The van der Waals surface area contributed by atoms with Gasteiger partial charge in [-0.15, -0.1) is 0 Å². The largest absolute Gasteiger partial charge is 0.417 e. The SMILES string of the molecule is Cc1cc(C(F)(F)F)c2c([C@@H]3CCCN(C(=O)c4cnn(C(C)C)c4)C3)noc2n1. The standard InChI is InChI=1S/C20H22F3N5O2/c1-11(2)28-10-14(8-24-28)19(29)27-6-4-5-13(9-27)17-16-15(20(21,22)23)7-12(3)25-18(16)30-26-17/h7-8,10-11,13H,4-6,9H2,1-3H3/t13-/m1/s1. The molecule has 4 rings (SSSR count). The lowest BCUT2D eigenvalue weighted by Crippen LogP contribution is -2.39. The van der Waals surface area contributed by atoms with Gasteiger partial charge in [0.25, 0.3) is 11.6 Å². The molecule has 3 aromatic heterocycles. The first-order valence-electron chi connectivity index (χ1n) is 9.82. The van der Waals surface area contributed by atoms with E-state index < -0.39 is 11.7 Å². The number of amides is 1. The molecule has 0 radical (unpaired) electrons. The Kier molecular flexibility index (Phi) is 5.03. The van der Waals surface area contributed by atoms with Gasteiger partial charge in [0.2, 0.25) is 0 Å². The summed E-state index contributed by atoms with van der Waals surface area (Å²) in [5.74, 6) is -0.556. The first-order valence-corrected chi connectivity index (χ1v) is 9.82. The number of hydrogen-bond acceptors (Lipinski definition) is 5. The maximum absolute atomic E-state index is 13.6. The lowest BCUT2D eigenvalue weighted by molar-refractivity contribution is -0.136. The minimum absolute atomic E-state index is 0.111. The maximum Gasteiger partial charge on any atom is 0.417 e. The average molecular weight is 421 g/mol. The van der Waals surface area contributed by atoms with Crippen molar-refractivity contribution in [2.75, 3.05) is 13.1 Å². The second-order valence-corrected chi connectivity index (χ2v) is 7.95. The number of nitrogens with zero attached hydrogens (tertiary/aromatic N) is 5. The van der Waals surface area contributed by atoms with Gasteiger partial charge >= 0.3 is 6.18 Å². The van der Waals surface area contributed by atoms with Crippen molar-refractivity contribution in [1.82, 2.24) is 24.8 Å². The zero-order chi connectivity index (χ0) is 21.6. The predicted octanol–water partition coefficient (Wildman–Crippen LogP) is 4.35. The molecule has 7 nitrogen and oxygen atoms in total. The number of aryl methyl sites for hydroxylation is 1. The quantitative estimate of drug-likeness (QED) is 0.629. The lowest BCUT2D eigenvalue weighted by Gasteiger charge is -2.31. The molecule has 1 atom stereocenters. The third-order valence-electron chi connectivity index (χ3n) is 5.38. The van der Waals surface area contributed by atoms with E-state index in [2.05, 4.69) is 15.2 Å². The highest BCUT2D eigenvalue weighted by Gasteiger charge is 2.38. The van der Waals surface area contributed by atoms with Gasteiger partial charge in [0, 0.05) is 36.9 Å². The summed E-state index contributed by atoms with van der Waals surface area (Å²) < 4.78 is 47.8. The van der Waals surface area contributed by atoms with Gasteiger partial charge in [-0.1, -0.05) is 5.16 Å². The van der Waals surface area contributed by atoms with Gasteiger partial charge in [0.05, 0.1) is 28.4 Å². The van der Waals surface area contributed by atoms with Gasteiger partial charge in [0.15, 0.2) is 0 Å². The van der Waals surface area contributed by atoms with Crippen molar-refractivity contribution in [2.45, 2.75) is 51.7 Å². The van der Waals surface area contributed by atoms with E-state index in [1.807, 2.05) is 13.8 Å². The number of carbonyl (C=O) groups is 1. The molecular formula is C20H22F3N5O2. The number of halogens is 3. The summed E-state index contributed by atoms with van der Waals surface area (Å²) >= 11 is 0. The summed E-state index contributed by atoms with van der Waals surface area (Å²) in [5, 5.41) is 8.02. The van der Waals surface area contributed by atoms with Crippen molar-refractivity contribution in [1.29, 1.82) is 0 Å². The molecular weight excluding hydrogens is 399 g/mol. The van der Waals surface area contributed by atoms with Crippen LogP contribution in [0.5, 0.6) is 0 Å². The zero-order valence-electron chi connectivity index (χ0n) is 16.9. The smallest absolute Gasteiger partial charge is 0.338 e. The van der Waals surface area contributed by atoms with Crippen molar-refractivity contribution in [3.05, 3.63) is 41.0 Å². The summed E-state index contributed by atoms with van der Waals surface area (Å²) in [4.78, 5) is 18.6. The fourth-order valence-electron chi connectivity index (χ4n) is 3.90. The molecule has 1 fully saturated rings. The Hall–Kier alpha value is -2.91. The first kappa shape index (κ1) is 20.4. The minimum Gasteiger partial charge on any atom is -0.338 e. The van der Waals surface area contributed by atoms with E-state index in [4.69, 9.17) is 4.52 Å². The fraction of sp³-hybridized carbons (Fsp3) is 0.500. The van der Waals surface area contributed by atoms with E-state index in [1.165, 1.54) is 13.1 Å². The van der Waals surface area contributed by atoms with Gasteiger partial charge < -0.3 is 9.42 Å². The highest BCUT2D eigenvalue weighted by atomic mass is 19.4. The van der Waals surface area contributed by atoms with Crippen molar-refractivity contribution >= 4 is 17.0 Å². The lowest BCUT2D eigenvalue weighted by atomic mass is 9.91. The molecule has 0 saturated carbocycles. The number of aromatic nitrogens is 4. The highest BCUT2D eigenvalue weighted by molar-refractivity contribution is 5.94. The number of hydrogen-bond donors (Lipinski definition) is 0. The van der Waals surface area contributed by atoms with Crippen molar-refractivity contribution in [2.24, 2.45) is 0 Å². The number of pyridine rings is 1. The van der Waals surface area contributed by atoms with E-state index in [0.717, 1.165) is 6.07 Å². The van der Waals surface area contributed by atoms with Crippen LogP contribution in [0, 0.1) is 6.92 Å².